The monoisotopic (exact) mass is 381 g/mol. The van der Waals surface area contributed by atoms with E-state index in [0.29, 0.717) is 23.5 Å². The van der Waals surface area contributed by atoms with Crippen molar-refractivity contribution in [3.63, 3.8) is 0 Å². The summed E-state index contributed by atoms with van der Waals surface area (Å²) in [4.78, 5) is 28.6. The molecule has 2 amide bonds. The molecule has 6 nitrogen and oxygen atoms in total. The fourth-order valence-corrected chi connectivity index (χ4v) is 3.12. The lowest BCUT2D eigenvalue weighted by atomic mass is 10.2. The number of carbonyl (C=O) groups is 2. The van der Waals surface area contributed by atoms with E-state index in [1.807, 2.05) is 23.6 Å². The zero-order valence-electron chi connectivity index (χ0n) is 14.8. The van der Waals surface area contributed by atoms with Crippen LogP contribution in [0, 0.1) is 0 Å². The number of nitrogens with one attached hydrogen (secondary N) is 2. The normalized spacial score (nSPS) is 10.3. The van der Waals surface area contributed by atoms with Gasteiger partial charge in [0.1, 0.15) is 5.75 Å². The largest absolute Gasteiger partial charge is 0.497 e. The summed E-state index contributed by atoms with van der Waals surface area (Å²) < 4.78 is 5.09. The van der Waals surface area contributed by atoms with Crippen LogP contribution in [-0.2, 0) is 11.2 Å². The molecule has 2 N–H and O–H groups in total. The number of benzene rings is 2. The van der Waals surface area contributed by atoms with Crippen LogP contribution in [-0.4, -0.2) is 23.9 Å². The molecular formula is C20H19N3O3S. The Morgan fingerprint density at radius 3 is 2.48 bits per heavy atom. The highest BCUT2D eigenvalue weighted by Gasteiger charge is 2.10. The van der Waals surface area contributed by atoms with Gasteiger partial charge in [-0.05, 0) is 42.8 Å². The lowest BCUT2D eigenvalue weighted by molar-refractivity contribution is -0.116. The molecule has 0 saturated heterocycles. The van der Waals surface area contributed by atoms with Crippen LogP contribution in [0.3, 0.4) is 0 Å². The summed E-state index contributed by atoms with van der Waals surface area (Å²) in [6.07, 6.45) is 0.807. The Kier molecular flexibility index (Phi) is 6.17. The van der Waals surface area contributed by atoms with Crippen LogP contribution in [0.1, 0.15) is 22.5 Å². The van der Waals surface area contributed by atoms with Gasteiger partial charge in [0.15, 0.2) is 5.13 Å². The lowest BCUT2D eigenvalue weighted by Gasteiger charge is -2.05. The number of nitrogens with zero attached hydrogens (tertiary/aromatic N) is 1. The molecular weight excluding hydrogens is 362 g/mol. The van der Waals surface area contributed by atoms with E-state index in [9.17, 15) is 9.59 Å². The molecule has 7 heteroatoms. The van der Waals surface area contributed by atoms with Gasteiger partial charge in [-0.2, -0.15) is 0 Å². The van der Waals surface area contributed by atoms with Gasteiger partial charge < -0.3 is 10.1 Å². The van der Waals surface area contributed by atoms with Crippen molar-refractivity contribution in [2.24, 2.45) is 0 Å². The maximum atomic E-state index is 12.1. The van der Waals surface area contributed by atoms with Crippen molar-refractivity contribution < 1.29 is 14.3 Å². The molecule has 0 aliphatic rings. The van der Waals surface area contributed by atoms with E-state index in [1.165, 1.54) is 11.3 Å². The van der Waals surface area contributed by atoms with Crippen molar-refractivity contribution in [2.75, 3.05) is 17.7 Å². The van der Waals surface area contributed by atoms with Crippen molar-refractivity contribution >= 4 is 34.0 Å². The van der Waals surface area contributed by atoms with Gasteiger partial charge >= 0.3 is 0 Å². The minimum Gasteiger partial charge on any atom is -0.497 e. The fraction of sp³-hybridized carbons (Fsp3) is 0.150. The highest BCUT2D eigenvalue weighted by molar-refractivity contribution is 7.14. The van der Waals surface area contributed by atoms with Gasteiger partial charge in [0.2, 0.25) is 5.91 Å². The second kappa shape index (κ2) is 8.95. The zero-order valence-corrected chi connectivity index (χ0v) is 15.6. The van der Waals surface area contributed by atoms with Crippen LogP contribution in [0.25, 0.3) is 0 Å². The van der Waals surface area contributed by atoms with Crippen LogP contribution in [0.4, 0.5) is 10.8 Å². The van der Waals surface area contributed by atoms with Crippen molar-refractivity contribution in [3.8, 4) is 5.75 Å². The van der Waals surface area contributed by atoms with Gasteiger partial charge in [0, 0.05) is 23.1 Å². The Morgan fingerprint density at radius 1 is 1.04 bits per heavy atom. The van der Waals surface area contributed by atoms with E-state index in [0.717, 1.165) is 17.1 Å². The van der Waals surface area contributed by atoms with E-state index >= 15 is 0 Å². The van der Waals surface area contributed by atoms with Crippen LogP contribution in [0.2, 0.25) is 0 Å². The number of methoxy groups -OCH3 is 1. The van der Waals surface area contributed by atoms with Gasteiger partial charge in [-0.15, -0.1) is 11.3 Å². The summed E-state index contributed by atoms with van der Waals surface area (Å²) in [5, 5.41) is 7.98. The number of amides is 2. The van der Waals surface area contributed by atoms with E-state index in [1.54, 1.807) is 43.5 Å². The fourth-order valence-electron chi connectivity index (χ4n) is 2.38. The molecule has 138 valence electrons. The number of aromatic nitrogens is 1. The molecule has 0 saturated carbocycles. The minimum absolute atomic E-state index is 0.0944. The van der Waals surface area contributed by atoms with Crippen LogP contribution >= 0.6 is 11.3 Å². The SMILES string of the molecule is COc1ccc(NC(=O)CCc2csc(NC(=O)c3ccccc3)n2)cc1. The molecule has 3 aromatic rings. The van der Waals surface area contributed by atoms with Crippen molar-refractivity contribution in [3.05, 3.63) is 71.2 Å². The molecule has 0 fully saturated rings. The molecule has 1 heterocycles. The maximum absolute atomic E-state index is 12.1. The first kappa shape index (κ1) is 18.6. The number of thiazole rings is 1. The molecule has 0 radical (unpaired) electrons. The quantitative estimate of drug-likeness (QED) is 0.649. The standard InChI is InChI=1S/C20H19N3O3S/c1-26-17-10-7-15(8-11-17)21-18(24)12-9-16-13-27-20(22-16)23-19(25)14-5-3-2-4-6-14/h2-8,10-11,13H,9,12H2,1H3,(H,21,24)(H,22,23,25). The van der Waals surface area contributed by atoms with Gasteiger partial charge in [0.25, 0.3) is 5.91 Å². The number of ether oxygens (including phenoxy) is 1. The summed E-state index contributed by atoms with van der Waals surface area (Å²) in [6.45, 7) is 0. The molecule has 0 aliphatic carbocycles. The van der Waals surface area contributed by atoms with Crippen LogP contribution in [0.15, 0.2) is 60.0 Å². The van der Waals surface area contributed by atoms with E-state index < -0.39 is 0 Å². The first-order valence-electron chi connectivity index (χ1n) is 8.39. The topological polar surface area (TPSA) is 80.3 Å². The average molecular weight is 381 g/mol. The summed E-state index contributed by atoms with van der Waals surface area (Å²) in [7, 11) is 1.60. The van der Waals surface area contributed by atoms with E-state index in [2.05, 4.69) is 15.6 Å². The number of aryl methyl sites for hydroxylation is 1. The van der Waals surface area contributed by atoms with E-state index in [4.69, 9.17) is 4.74 Å². The average Bonchev–Trinajstić information content (AvgIpc) is 3.15. The van der Waals surface area contributed by atoms with Gasteiger partial charge in [-0.3, -0.25) is 14.9 Å². The molecule has 0 aliphatic heterocycles. The Bertz CT molecular complexity index is 908. The van der Waals surface area contributed by atoms with Gasteiger partial charge in [0.05, 0.1) is 12.8 Å². The number of rotatable bonds is 7. The molecule has 0 atom stereocenters. The number of anilines is 2. The van der Waals surface area contributed by atoms with Crippen molar-refractivity contribution in [1.82, 2.24) is 4.98 Å². The van der Waals surface area contributed by atoms with Crippen molar-refractivity contribution in [2.45, 2.75) is 12.8 Å². The summed E-state index contributed by atoms with van der Waals surface area (Å²) in [5.74, 6) is 0.442. The molecule has 0 spiro atoms. The molecule has 27 heavy (non-hydrogen) atoms. The second-order valence-corrected chi connectivity index (χ2v) is 6.60. The summed E-state index contributed by atoms with van der Waals surface area (Å²) in [5.41, 5.74) is 2.07. The third kappa shape index (κ3) is 5.39. The Labute approximate surface area is 161 Å². The predicted octanol–water partition coefficient (Wildman–Crippen LogP) is 3.98. The number of carbonyl (C=O) groups excluding carboxylic acids is 2. The number of hydrogen-bond donors (Lipinski definition) is 2. The summed E-state index contributed by atoms with van der Waals surface area (Å²) in [6, 6.07) is 16.1. The molecule has 0 unspecified atom stereocenters. The van der Waals surface area contributed by atoms with E-state index in [-0.39, 0.29) is 11.8 Å². The van der Waals surface area contributed by atoms with Crippen LogP contribution < -0.4 is 15.4 Å². The maximum Gasteiger partial charge on any atom is 0.257 e. The lowest BCUT2D eigenvalue weighted by Crippen LogP contribution is -2.13. The van der Waals surface area contributed by atoms with Crippen molar-refractivity contribution in [1.29, 1.82) is 0 Å². The molecule has 3 rings (SSSR count). The molecule has 0 bridgehead atoms. The third-order valence-corrected chi connectivity index (χ3v) is 4.60. The third-order valence-electron chi connectivity index (χ3n) is 3.79. The highest BCUT2D eigenvalue weighted by Crippen LogP contribution is 2.18. The highest BCUT2D eigenvalue weighted by atomic mass is 32.1. The number of hydrogen-bond acceptors (Lipinski definition) is 5. The summed E-state index contributed by atoms with van der Waals surface area (Å²) >= 11 is 1.34. The molecule has 1 aromatic heterocycles. The second-order valence-electron chi connectivity index (χ2n) is 5.74. The smallest absolute Gasteiger partial charge is 0.257 e. The van der Waals surface area contributed by atoms with Gasteiger partial charge in [-0.1, -0.05) is 18.2 Å². The van der Waals surface area contributed by atoms with Crippen LogP contribution in [0.5, 0.6) is 5.75 Å². The Balaban J connectivity index is 1.48. The van der Waals surface area contributed by atoms with Gasteiger partial charge in [-0.25, -0.2) is 4.98 Å². The minimum atomic E-state index is -0.200. The Hall–Kier alpha value is -3.19. The molecule has 2 aromatic carbocycles. The predicted molar refractivity (Wildman–Crippen MR) is 106 cm³/mol. The first-order valence-corrected chi connectivity index (χ1v) is 9.27. The first-order chi connectivity index (χ1) is 13.1. The zero-order chi connectivity index (χ0) is 19.1. The Morgan fingerprint density at radius 2 is 1.78 bits per heavy atom.